The second-order valence-corrected chi connectivity index (χ2v) is 6.12. The third-order valence-electron chi connectivity index (χ3n) is 4.66. The van der Waals surface area contributed by atoms with Crippen molar-refractivity contribution in [2.24, 2.45) is 5.92 Å². The average Bonchev–Trinajstić information content (AvgIpc) is 3.19. The predicted molar refractivity (Wildman–Crippen MR) is 72.5 cm³/mol. The van der Waals surface area contributed by atoms with Gasteiger partial charge in [-0.2, -0.15) is 13.2 Å². The van der Waals surface area contributed by atoms with Crippen molar-refractivity contribution in [3.05, 3.63) is 35.9 Å². The van der Waals surface area contributed by atoms with Crippen molar-refractivity contribution < 1.29 is 13.2 Å². The molecule has 2 unspecified atom stereocenters. The van der Waals surface area contributed by atoms with Gasteiger partial charge in [0.05, 0.1) is 5.92 Å². The lowest BCUT2D eigenvalue weighted by Crippen LogP contribution is -2.38. The van der Waals surface area contributed by atoms with E-state index in [0.29, 0.717) is 24.8 Å². The normalized spacial score (nSPS) is 34.0. The molecule has 0 spiro atoms. The highest BCUT2D eigenvalue weighted by molar-refractivity contribution is 5.27. The van der Waals surface area contributed by atoms with Crippen LogP contribution in [0.25, 0.3) is 0 Å². The van der Waals surface area contributed by atoms with E-state index in [2.05, 4.69) is 17.4 Å². The maximum absolute atomic E-state index is 12.6. The van der Waals surface area contributed by atoms with Crippen LogP contribution in [0.1, 0.15) is 43.6 Å². The van der Waals surface area contributed by atoms with E-state index in [4.69, 9.17) is 0 Å². The summed E-state index contributed by atoms with van der Waals surface area (Å²) < 4.78 is 37.8. The lowest BCUT2D eigenvalue weighted by atomic mass is 9.85. The van der Waals surface area contributed by atoms with E-state index in [1.165, 1.54) is 5.56 Å². The van der Waals surface area contributed by atoms with Crippen molar-refractivity contribution in [3.8, 4) is 0 Å². The Kier molecular flexibility index (Phi) is 3.76. The van der Waals surface area contributed by atoms with Crippen molar-refractivity contribution in [1.29, 1.82) is 0 Å². The zero-order valence-corrected chi connectivity index (χ0v) is 11.4. The number of alkyl halides is 3. The summed E-state index contributed by atoms with van der Waals surface area (Å²) in [6, 6.07) is 11.1. The van der Waals surface area contributed by atoms with Gasteiger partial charge in [-0.15, -0.1) is 0 Å². The Morgan fingerprint density at radius 3 is 2.20 bits per heavy atom. The van der Waals surface area contributed by atoms with Gasteiger partial charge < -0.3 is 5.32 Å². The molecule has 0 radical (unpaired) electrons. The zero-order valence-electron chi connectivity index (χ0n) is 11.4. The minimum absolute atomic E-state index is 0.271. The van der Waals surface area contributed by atoms with Gasteiger partial charge in [-0.3, -0.25) is 0 Å². The molecular formula is C16H20F3N. The molecule has 0 amide bonds. The van der Waals surface area contributed by atoms with Crippen LogP contribution >= 0.6 is 0 Å². The standard InChI is InChI=1S/C16H20F3N/c17-16(18,19)12-6-8-13(9-7-12)20-15-10-14(15)11-4-2-1-3-5-11/h1-5,12-15,20H,6-10H2. The number of halogens is 3. The molecular weight excluding hydrogens is 263 g/mol. The van der Waals surface area contributed by atoms with Crippen LogP contribution in [-0.2, 0) is 0 Å². The van der Waals surface area contributed by atoms with Crippen LogP contribution in [0.4, 0.5) is 13.2 Å². The van der Waals surface area contributed by atoms with E-state index in [1.54, 1.807) is 0 Å². The third-order valence-corrected chi connectivity index (χ3v) is 4.66. The molecule has 0 heterocycles. The maximum atomic E-state index is 12.6. The molecule has 4 heteroatoms. The van der Waals surface area contributed by atoms with Gasteiger partial charge in [-0.1, -0.05) is 30.3 Å². The Morgan fingerprint density at radius 2 is 1.60 bits per heavy atom. The predicted octanol–water partition coefficient (Wildman–Crippen LogP) is 4.25. The number of benzene rings is 1. The molecule has 20 heavy (non-hydrogen) atoms. The minimum atomic E-state index is -4.00. The Labute approximate surface area is 117 Å². The average molecular weight is 283 g/mol. The third kappa shape index (κ3) is 3.17. The highest BCUT2D eigenvalue weighted by Crippen LogP contribution is 2.43. The molecule has 2 aliphatic rings. The highest BCUT2D eigenvalue weighted by atomic mass is 19.4. The van der Waals surface area contributed by atoms with E-state index in [0.717, 1.165) is 6.42 Å². The van der Waals surface area contributed by atoms with Crippen molar-refractivity contribution in [3.63, 3.8) is 0 Å². The molecule has 110 valence electrons. The first-order chi connectivity index (χ1) is 9.54. The smallest absolute Gasteiger partial charge is 0.311 e. The minimum Gasteiger partial charge on any atom is -0.311 e. The summed E-state index contributed by atoms with van der Waals surface area (Å²) >= 11 is 0. The van der Waals surface area contributed by atoms with Gasteiger partial charge in [0.15, 0.2) is 0 Å². The fourth-order valence-corrected chi connectivity index (χ4v) is 3.34. The van der Waals surface area contributed by atoms with Gasteiger partial charge in [0.1, 0.15) is 0 Å². The van der Waals surface area contributed by atoms with E-state index < -0.39 is 12.1 Å². The van der Waals surface area contributed by atoms with Crippen molar-refractivity contribution >= 4 is 0 Å². The molecule has 1 aromatic rings. The first-order valence-electron chi connectivity index (χ1n) is 7.42. The molecule has 0 saturated heterocycles. The van der Waals surface area contributed by atoms with E-state index >= 15 is 0 Å². The maximum Gasteiger partial charge on any atom is 0.391 e. The van der Waals surface area contributed by atoms with Crippen LogP contribution in [0.15, 0.2) is 30.3 Å². The molecule has 2 atom stereocenters. The van der Waals surface area contributed by atoms with Crippen LogP contribution in [0.2, 0.25) is 0 Å². The monoisotopic (exact) mass is 283 g/mol. The van der Waals surface area contributed by atoms with Gasteiger partial charge in [-0.25, -0.2) is 0 Å². The zero-order chi connectivity index (χ0) is 14.2. The second-order valence-electron chi connectivity index (χ2n) is 6.12. The molecule has 1 nitrogen and oxygen atoms in total. The van der Waals surface area contributed by atoms with Crippen LogP contribution in [0, 0.1) is 5.92 Å². The fraction of sp³-hybridized carbons (Fsp3) is 0.625. The second kappa shape index (κ2) is 5.40. The van der Waals surface area contributed by atoms with Crippen LogP contribution < -0.4 is 5.32 Å². The van der Waals surface area contributed by atoms with Crippen molar-refractivity contribution in [1.82, 2.24) is 5.32 Å². The quantitative estimate of drug-likeness (QED) is 0.874. The lowest BCUT2D eigenvalue weighted by molar-refractivity contribution is -0.182. The SMILES string of the molecule is FC(F)(F)C1CCC(NC2CC2c2ccccc2)CC1. The number of hydrogen-bond acceptors (Lipinski definition) is 1. The molecule has 1 N–H and O–H groups in total. The first kappa shape index (κ1) is 13.9. The number of hydrogen-bond donors (Lipinski definition) is 1. The van der Waals surface area contributed by atoms with Gasteiger partial charge in [0.2, 0.25) is 0 Å². The molecule has 0 bridgehead atoms. The number of nitrogens with one attached hydrogen (secondary N) is 1. The van der Waals surface area contributed by atoms with Gasteiger partial charge in [0.25, 0.3) is 0 Å². The molecule has 3 rings (SSSR count). The molecule has 2 saturated carbocycles. The van der Waals surface area contributed by atoms with Crippen LogP contribution in [0.3, 0.4) is 0 Å². The molecule has 2 fully saturated rings. The summed E-state index contributed by atoms with van der Waals surface area (Å²) in [7, 11) is 0. The molecule has 0 aliphatic heterocycles. The van der Waals surface area contributed by atoms with E-state index in [9.17, 15) is 13.2 Å². The summed E-state index contributed by atoms with van der Waals surface area (Å²) in [4.78, 5) is 0. The van der Waals surface area contributed by atoms with E-state index in [1.807, 2.05) is 18.2 Å². The summed E-state index contributed by atoms with van der Waals surface area (Å²) in [6.45, 7) is 0. The summed E-state index contributed by atoms with van der Waals surface area (Å²) in [5.41, 5.74) is 1.34. The van der Waals surface area contributed by atoms with Crippen LogP contribution in [-0.4, -0.2) is 18.3 Å². The first-order valence-corrected chi connectivity index (χ1v) is 7.42. The van der Waals surface area contributed by atoms with Crippen molar-refractivity contribution in [2.75, 3.05) is 0 Å². The summed E-state index contributed by atoms with van der Waals surface area (Å²) in [5.74, 6) is -0.527. The lowest BCUT2D eigenvalue weighted by Gasteiger charge is -2.30. The summed E-state index contributed by atoms with van der Waals surface area (Å²) in [5, 5.41) is 3.55. The van der Waals surface area contributed by atoms with E-state index in [-0.39, 0.29) is 18.9 Å². The Hall–Kier alpha value is -1.03. The largest absolute Gasteiger partial charge is 0.391 e. The molecule has 2 aliphatic carbocycles. The Bertz CT molecular complexity index is 435. The Morgan fingerprint density at radius 1 is 0.950 bits per heavy atom. The molecule has 1 aromatic carbocycles. The summed E-state index contributed by atoms with van der Waals surface area (Å²) in [6.07, 6.45) is -1.02. The van der Waals surface area contributed by atoms with Crippen LogP contribution in [0.5, 0.6) is 0 Å². The topological polar surface area (TPSA) is 12.0 Å². The van der Waals surface area contributed by atoms with Gasteiger partial charge in [0, 0.05) is 18.0 Å². The number of rotatable bonds is 3. The highest BCUT2D eigenvalue weighted by Gasteiger charge is 2.43. The van der Waals surface area contributed by atoms with Gasteiger partial charge in [-0.05, 0) is 37.7 Å². The fourth-order valence-electron chi connectivity index (χ4n) is 3.34. The van der Waals surface area contributed by atoms with Gasteiger partial charge >= 0.3 is 6.18 Å². The molecule has 0 aromatic heterocycles. The Balaban J connectivity index is 1.46. The van der Waals surface area contributed by atoms with Crippen molar-refractivity contribution in [2.45, 2.75) is 56.3 Å².